The van der Waals surface area contributed by atoms with Gasteiger partial charge in [0.25, 0.3) is 0 Å². The van der Waals surface area contributed by atoms with Crippen molar-refractivity contribution in [3.8, 4) is 56.3 Å². The molecule has 0 aliphatic rings. The van der Waals surface area contributed by atoms with Crippen molar-refractivity contribution in [1.82, 2.24) is 15.0 Å². The minimum Gasteiger partial charge on any atom is -0.246 e. The van der Waals surface area contributed by atoms with Crippen LogP contribution in [0, 0.1) is 13.8 Å². The van der Waals surface area contributed by atoms with Gasteiger partial charge in [0.2, 0.25) is 0 Å². The van der Waals surface area contributed by atoms with E-state index >= 15 is 0 Å². The highest BCUT2D eigenvalue weighted by Crippen LogP contribution is 2.41. The van der Waals surface area contributed by atoms with Gasteiger partial charge in [-0.3, -0.25) is 0 Å². The van der Waals surface area contributed by atoms with Crippen LogP contribution in [0.15, 0.2) is 152 Å². The molecule has 3 nitrogen and oxygen atoms in total. The molecule has 0 radical (unpaired) electrons. The summed E-state index contributed by atoms with van der Waals surface area (Å²) in [6, 6.07) is 53.2. The van der Waals surface area contributed by atoms with Crippen LogP contribution in [0.2, 0.25) is 0 Å². The SMILES string of the molecule is Cc1ccc(-c2cc(-c3cccc4c3nc(-c3ccccc3)c3cccc(-c5ccccc5)c34)nc(-c3ccc(C)cc3)n2)cc1. The van der Waals surface area contributed by atoms with Crippen LogP contribution in [0.3, 0.4) is 0 Å². The highest BCUT2D eigenvalue weighted by molar-refractivity contribution is 6.19. The Labute approximate surface area is 268 Å². The second-order valence-corrected chi connectivity index (χ2v) is 11.8. The normalized spacial score (nSPS) is 11.3. The molecule has 0 fully saturated rings. The lowest BCUT2D eigenvalue weighted by atomic mass is 9.91. The van der Waals surface area contributed by atoms with E-state index in [1.807, 2.05) is 6.07 Å². The number of fused-ring (bicyclic) bond motifs is 3. The van der Waals surface area contributed by atoms with Crippen LogP contribution in [-0.2, 0) is 0 Å². The molecule has 0 amide bonds. The van der Waals surface area contributed by atoms with Crippen LogP contribution in [0.4, 0.5) is 0 Å². The third-order valence-electron chi connectivity index (χ3n) is 8.64. The molecule has 0 saturated carbocycles. The van der Waals surface area contributed by atoms with Gasteiger partial charge in [0.05, 0.1) is 22.6 Å². The Balaban J connectivity index is 1.45. The Bertz CT molecular complexity index is 2280. The summed E-state index contributed by atoms with van der Waals surface area (Å²) in [5, 5.41) is 3.41. The maximum absolute atomic E-state index is 5.45. The quantitative estimate of drug-likeness (QED) is 0.187. The number of pyridine rings is 1. The Morgan fingerprint density at radius 1 is 0.391 bits per heavy atom. The number of hydrogen-bond donors (Lipinski definition) is 0. The van der Waals surface area contributed by atoms with Gasteiger partial charge >= 0.3 is 0 Å². The van der Waals surface area contributed by atoms with Crippen LogP contribution in [0.1, 0.15) is 11.1 Å². The van der Waals surface area contributed by atoms with E-state index in [1.54, 1.807) is 0 Å². The lowest BCUT2D eigenvalue weighted by Crippen LogP contribution is -1.98. The standard InChI is InChI=1S/C43H31N3/c1-28-19-23-31(24-20-28)38-27-39(45-43(44-38)33-25-21-29(2)22-26-33)35-16-10-18-37-40-34(30-11-5-3-6-12-30)15-9-17-36(40)41(46-42(35)37)32-13-7-4-8-14-32/h3-27H,1-2H3. The summed E-state index contributed by atoms with van der Waals surface area (Å²) in [6.07, 6.45) is 0. The molecule has 0 saturated heterocycles. The van der Waals surface area contributed by atoms with E-state index in [-0.39, 0.29) is 0 Å². The molecular weight excluding hydrogens is 558 g/mol. The van der Waals surface area contributed by atoms with Crippen molar-refractivity contribution in [1.29, 1.82) is 0 Å². The topological polar surface area (TPSA) is 38.7 Å². The molecule has 0 unspecified atom stereocenters. The fraction of sp³-hybridized carbons (Fsp3) is 0.0465. The van der Waals surface area contributed by atoms with E-state index in [4.69, 9.17) is 15.0 Å². The zero-order valence-corrected chi connectivity index (χ0v) is 25.8. The Hall–Kier alpha value is -5.93. The summed E-state index contributed by atoms with van der Waals surface area (Å²) in [5.41, 5.74) is 12.5. The van der Waals surface area contributed by atoms with E-state index in [1.165, 1.54) is 27.6 Å². The molecule has 0 aliphatic carbocycles. The van der Waals surface area contributed by atoms with Gasteiger partial charge in [0.1, 0.15) is 0 Å². The number of para-hydroxylation sites is 1. The Kier molecular flexibility index (Phi) is 6.92. The fourth-order valence-corrected chi connectivity index (χ4v) is 6.25. The minimum atomic E-state index is 0.694. The average Bonchev–Trinajstić information content (AvgIpc) is 3.12. The van der Waals surface area contributed by atoms with Gasteiger partial charge < -0.3 is 0 Å². The summed E-state index contributed by atoms with van der Waals surface area (Å²) >= 11 is 0. The third kappa shape index (κ3) is 5.02. The van der Waals surface area contributed by atoms with Gasteiger partial charge in [0.15, 0.2) is 5.82 Å². The molecule has 218 valence electrons. The second kappa shape index (κ2) is 11.5. The molecule has 0 spiro atoms. The lowest BCUT2D eigenvalue weighted by molar-refractivity contribution is 1.18. The van der Waals surface area contributed by atoms with Gasteiger partial charge in [-0.15, -0.1) is 0 Å². The number of rotatable bonds is 5. The predicted octanol–water partition coefficient (Wildman–Crippen LogP) is 11.1. The van der Waals surface area contributed by atoms with E-state index in [2.05, 4.69) is 159 Å². The highest BCUT2D eigenvalue weighted by atomic mass is 14.9. The van der Waals surface area contributed by atoms with E-state index in [0.29, 0.717) is 5.82 Å². The molecule has 0 N–H and O–H groups in total. The molecule has 8 aromatic rings. The first kappa shape index (κ1) is 27.6. The highest BCUT2D eigenvalue weighted by Gasteiger charge is 2.19. The predicted molar refractivity (Wildman–Crippen MR) is 191 cm³/mol. The van der Waals surface area contributed by atoms with E-state index in [0.717, 1.165) is 55.6 Å². The van der Waals surface area contributed by atoms with Gasteiger partial charge in [-0.1, -0.05) is 157 Å². The second-order valence-electron chi connectivity index (χ2n) is 11.8. The molecule has 0 atom stereocenters. The number of aromatic nitrogens is 3. The number of aryl methyl sites for hydroxylation is 2. The molecular formula is C43H31N3. The van der Waals surface area contributed by atoms with Gasteiger partial charge in [-0.25, -0.2) is 15.0 Å². The minimum absolute atomic E-state index is 0.694. The zero-order chi connectivity index (χ0) is 31.0. The maximum atomic E-state index is 5.45. The van der Waals surface area contributed by atoms with Gasteiger partial charge in [-0.05, 0) is 31.0 Å². The summed E-state index contributed by atoms with van der Waals surface area (Å²) in [4.78, 5) is 15.7. The maximum Gasteiger partial charge on any atom is 0.160 e. The van der Waals surface area contributed by atoms with Crippen molar-refractivity contribution in [2.45, 2.75) is 13.8 Å². The number of hydrogen-bond acceptors (Lipinski definition) is 3. The molecule has 0 aliphatic heterocycles. The first-order chi connectivity index (χ1) is 22.6. The van der Waals surface area contributed by atoms with Crippen molar-refractivity contribution in [2.24, 2.45) is 0 Å². The van der Waals surface area contributed by atoms with Crippen molar-refractivity contribution in [2.75, 3.05) is 0 Å². The molecule has 46 heavy (non-hydrogen) atoms. The fourth-order valence-electron chi connectivity index (χ4n) is 6.25. The Morgan fingerprint density at radius 3 is 1.63 bits per heavy atom. The zero-order valence-electron chi connectivity index (χ0n) is 25.8. The van der Waals surface area contributed by atoms with Crippen LogP contribution in [0.5, 0.6) is 0 Å². The van der Waals surface area contributed by atoms with E-state index in [9.17, 15) is 0 Å². The van der Waals surface area contributed by atoms with Crippen molar-refractivity contribution in [3.05, 3.63) is 163 Å². The molecule has 8 rings (SSSR count). The first-order valence-electron chi connectivity index (χ1n) is 15.6. The van der Waals surface area contributed by atoms with Gasteiger partial charge in [0, 0.05) is 38.4 Å². The van der Waals surface area contributed by atoms with Gasteiger partial charge in [-0.2, -0.15) is 0 Å². The smallest absolute Gasteiger partial charge is 0.160 e. The lowest BCUT2D eigenvalue weighted by Gasteiger charge is -2.16. The molecule has 2 heterocycles. The largest absolute Gasteiger partial charge is 0.246 e. The average molecular weight is 590 g/mol. The molecule has 6 aromatic carbocycles. The summed E-state index contributed by atoms with van der Waals surface area (Å²) in [7, 11) is 0. The molecule has 3 heteroatoms. The van der Waals surface area contributed by atoms with Crippen molar-refractivity contribution < 1.29 is 0 Å². The van der Waals surface area contributed by atoms with Crippen molar-refractivity contribution in [3.63, 3.8) is 0 Å². The summed E-state index contributed by atoms with van der Waals surface area (Å²) < 4.78 is 0. The monoisotopic (exact) mass is 589 g/mol. The molecule has 0 bridgehead atoms. The van der Waals surface area contributed by atoms with Crippen molar-refractivity contribution >= 4 is 21.7 Å². The number of nitrogens with zero attached hydrogens (tertiary/aromatic N) is 3. The summed E-state index contributed by atoms with van der Waals surface area (Å²) in [6.45, 7) is 4.20. The first-order valence-corrected chi connectivity index (χ1v) is 15.6. The van der Waals surface area contributed by atoms with Crippen LogP contribution >= 0.6 is 0 Å². The van der Waals surface area contributed by atoms with E-state index < -0.39 is 0 Å². The Morgan fingerprint density at radius 2 is 0.957 bits per heavy atom. The van der Waals surface area contributed by atoms with Crippen LogP contribution < -0.4 is 0 Å². The van der Waals surface area contributed by atoms with Crippen LogP contribution in [-0.4, -0.2) is 15.0 Å². The summed E-state index contributed by atoms with van der Waals surface area (Å²) in [5.74, 6) is 0.694. The van der Waals surface area contributed by atoms with Crippen LogP contribution in [0.25, 0.3) is 78.0 Å². The third-order valence-corrected chi connectivity index (χ3v) is 8.64. The molecule has 2 aromatic heterocycles. The number of benzene rings is 6.